The second kappa shape index (κ2) is 8.71. The number of nitrogens with one attached hydrogen (secondary N) is 2. The van der Waals surface area contributed by atoms with Gasteiger partial charge in [-0.1, -0.05) is 12.1 Å². The number of aromatic amines is 1. The Morgan fingerprint density at radius 3 is 2.73 bits per heavy atom. The molecule has 0 bridgehead atoms. The van der Waals surface area contributed by atoms with Gasteiger partial charge in [-0.05, 0) is 45.5 Å². The molecule has 158 valence electrons. The largest absolute Gasteiger partial charge is 0.493 e. The van der Waals surface area contributed by atoms with Crippen molar-refractivity contribution >= 4 is 17.5 Å². The highest BCUT2D eigenvalue weighted by Crippen LogP contribution is 2.36. The summed E-state index contributed by atoms with van der Waals surface area (Å²) in [5.74, 6) is 3.83. The van der Waals surface area contributed by atoms with Gasteiger partial charge in [0, 0.05) is 38.0 Å². The van der Waals surface area contributed by atoms with E-state index in [1.54, 1.807) is 0 Å². The fourth-order valence-electron chi connectivity index (χ4n) is 3.46. The van der Waals surface area contributed by atoms with Gasteiger partial charge in [0.2, 0.25) is 0 Å². The zero-order valence-electron chi connectivity index (χ0n) is 18.1. The quantitative estimate of drug-likeness (QED) is 0.622. The molecular weight excluding hydrogens is 378 g/mol. The lowest BCUT2D eigenvalue weighted by molar-refractivity contribution is 0.289. The smallest absolute Gasteiger partial charge is 0.167 e. The minimum Gasteiger partial charge on any atom is -0.493 e. The molecule has 2 aromatic heterocycles. The Morgan fingerprint density at radius 2 is 1.97 bits per heavy atom. The van der Waals surface area contributed by atoms with E-state index in [-0.39, 0.29) is 0 Å². The third-order valence-corrected chi connectivity index (χ3v) is 5.12. The molecule has 0 unspecified atom stereocenters. The first-order valence-electron chi connectivity index (χ1n) is 10.3. The molecule has 0 aliphatic carbocycles. The van der Waals surface area contributed by atoms with Crippen LogP contribution in [0.4, 0.5) is 17.5 Å². The van der Waals surface area contributed by atoms with Gasteiger partial charge in [-0.2, -0.15) is 5.10 Å². The van der Waals surface area contributed by atoms with Crippen molar-refractivity contribution in [1.29, 1.82) is 0 Å². The van der Waals surface area contributed by atoms with Crippen molar-refractivity contribution in [1.82, 2.24) is 25.1 Å². The number of anilines is 3. The van der Waals surface area contributed by atoms with Crippen molar-refractivity contribution in [2.24, 2.45) is 0 Å². The highest BCUT2D eigenvalue weighted by atomic mass is 16.5. The first-order valence-corrected chi connectivity index (χ1v) is 10.3. The number of fused-ring (bicyclic) bond motifs is 1. The van der Waals surface area contributed by atoms with Crippen LogP contribution in [0, 0.1) is 6.92 Å². The van der Waals surface area contributed by atoms with E-state index in [1.165, 1.54) is 5.56 Å². The average molecular weight is 408 g/mol. The number of aryl methyl sites for hydroxylation is 2. The summed E-state index contributed by atoms with van der Waals surface area (Å²) >= 11 is 0. The van der Waals surface area contributed by atoms with Crippen LogP contribution in [0.2, 0.25) is 0 Å². The molecule has 1 aliphatic heterocycles. The zero-order valence-corrected chi connectivity index (χ0v) is 18.1. The lowest BCUT2D eigenvalue weighted by Crippen LogP contribution is -2.29. The van der Waals surface area contributed by atoms with Crippen LogP contribution in [0.15, 0.2) is 30.3 Å². The molecule has 0 amide bonds. The number of benzene rings is 1. The number of aromatic nitrogens is 4. The molecular formula is C22H29N7O. The Hall–Kier alpha value is -3.13. The third-order valence-electron chi connectivity index (χ3n) is 5.12. The fourth-order valence-corrected chi connectivity index (χ4v) is 3.46. The Kier molecular flexibility index (Phi) is 5.85. The van der Waals surface area contributed by atoms with Gasteiger partial charge in [-0.15, -0.1) is 0 Å². The Balaban J connectivity index is 1.73. The first kappa shape index (κ1) is 20.2. The van der Waals surface area contributed by atoms with Gasteiger partial charge in [0.25, 0.3) is 0 Å². The predicted octanol–water partition coefficient (Wildman–Crippen LogP) is 3.24. The molecule has 30 heavy (non-hydrogen) atoms. The summed E-state index contributed by atoms with van der Waals surface area (Å²) in [7, 11) is 6.19. The predicted molar refractivity (Wildman–Crippen MR) is 120 cm³/mol. The molecule has 0 atom stereocenters. The number of nitrogens with zero attached hydrogens (tertiary/aromatic N) is 5. The molecule has 4 rings (SSSR count). The van der Waals surface area contributed by atoms with E-state index in [4.69, 9.17) is 14.7 Å². The SMILES string of the molecule is Cc1cc(Nc2cc(N(C)CCN(C)C)nc(-c3cccc4c3OCCC4)n2)n[nH]1. The number of rotatable bonds is 7. The molecule has 8 heteroatoms. The second-order valence-corrected chi connectivity index (χ2v) is 7.97. The molecule has 3 aromatic rings. The lowest BCUT2D eigenvalue weighted by atomic mass is 10.0. The Morgan fingerprint density at radius 1 is 1.10 bits per heavy atom. The summed E-state index contributed by atoms with van der Waals surface area (Å²) in [5.41, 5.74) is 3.13. The van der Waals surface area contributed by atoms with Crippen molar-refractivity contribution in [3.63, 3.8) is 0 Å². The van der Waals surface area contributed by atoms with E-state index in [0.29, 0.717) is 11.6 Å². The van der Waals surface area contributed by atoms with Gasteiger partial charge in [0.15, 0.2) is 11.6 Å². The highest BCUT2D eigenvalue weighted by Gasteiger charge is 2.19. The molecule has 0 fully saturated rings. The molecule has 1 aromatic carbocycles. The van der Waals surface area contributed by atoms with Crippen LogP contribution in [0.1, 0.15) is 17.7 Å². The number of hydrogen-bond donors (Lipinski definition) is 2. The minimum atomic E-state index is 0.651. The molecule has 0 spiro atoms. The molecule has 0 radical (unpaired) electrons. The maximum absolute atomic E-state index is 6.01. The van der Waals surface area contributed by atoms with Crippen LogP contribution >= 0.6 is 0 Å². The molecule has 0 saturated carbocycles. The average Bonchev–Trinajstić information content (AvgIpc) is 3.15. The van der Waals surface area contributed by atoms with Gasteiger partial charge in [-0.3, -0.25) is 5.10 Å². The number of para-hydroxylation sites is 1. The van der Waals surface area contributed by atoms with E-state index in [1.807, 2.05) is 25.1 Å². The van der Waals surface area contributed by atoms with Crippen molar-refractivity contribution in [3.05, 3.63) is 41.6 Å². The number of likely N-dealkylation sites (N-methyl/N-ethyl adjacent to an activating group) is 2. The van der Waals surface area contributed by atoms with E-state index in [0.717, 1.165) is 61.2 Å². The molecule has 3 heterocycles. The van der Waals surface area contributed by atoms with Crippen molar-refractivity contribution in [2.75, 3.05) is 51.1 Å². The summed E-state index contributed by atoms with van der Waals surface area (Å²) in [5, 5.41) is 10.5. The van der Waals surface area contributed by atoms with Crippen LogP contribution in [0.3, 0.4) is 0 Å². The van der Waals surface area contributed by atoms with Crippen molar-refractivity contribution in [2.45, 2.75) is 19.8 Å². The van der Waals surface area contributed by atoms with Gasteiger partial charge in [0.05, 0.1) is 12.2 Å². The fraction of sp³-hybridized carbons (Fsp3) is 0.409. The molecule has 0 saturated heterocycles. The molecule has 1 aliphatic rings. The van der Waals surface area contributed by atoms with Gasteiger partial charge in [-0.25, -0.2) is 9.97 Å². The third kappa shape index (κ3) is 4.54. The first-order chi connectivity index (χ1) is 14.5. The molecule has 2 N–H and O–H groups in total. The standard InChI is InChI=1S/C22H29N7O/c1-15-13-19(27-26-15)23-18-14-20(29(4)11-10-28(2)3)25-22(24-18)17-9-5-7-16-8-6-12-30-21(16)17/h5,7,9,13-14H,6,8,10-12H2,1-4H3,(H2,23,24,25,26,27). The normalized spacial score (nSPS) is 13.1. The van der Waals surface area contributed by atoms with Crippen molar-refractivity contribution in [3.8, 4) is 17.1 Å². The van der Waals surface area contributed by atoms with Gasteiger partial charge >= 0.3 is 0 Å². The van der Waals surface area contributed by atoms with Crippen LogP contribution in [0.5, 0.6) is 5.75 Å². The summed E-state index contributed by atoms with van der Waals surface area (Å²) in [6.45, 7) is 4.48. The highest BCUT2D eigenvalue weighted by molar-refractivity contribution is 5.70. The summed E-state index contributed by atoms with van der Waals surface area (Å²) in [4.78, 5) is 14.0. The second-order valence-electron chi connectivity index (χ2n) is 7.97. The minimum absolute atomic E-state index is 0.651. The number of H-pyrrole nitrogens is 1. The van der Waals surface area contributed by atoms with Crippen LogP contribution < -0.4 is 15.0 Å². The maximum Gasteiger partial charge on any atom is 0.167 e. The Labute approximate surface area is 177 Å². The molecule has 8 nitrogen and oxygen atoms in total. The van der Waals surface area contributed by atoms with Crippen LogP contribution in [0.25, 0.3) is 11.4 Å². The van der Waals surface area contributed by atoms with Crippen LogP contribution in [-0.4, -0.2) is 65.9 Å². The number of hydrogen-bond acceptors (Lipinski definition) is 7. The Bertz CT molecular complexity index is 1010. The number of ether oxygens (including phenoxy) is 1. The monoisotopic (exact) mass is 407 g/mol. The summed E-state index contributed by atoms with van der Waals surface area (Å²) in [6.07, 6.45) is 2.05. The summed E-state index contributed by atoms with van der Waals surface area (Å²) in [6, 6.07) is 10.1. The van der Waals surface area contributed by atoms with Gasteiger partial charge in [0.1, 0.15) is 17.4 Å². The van der Waals surface area contributed by atoms with E-state index in [9.17, 15) is 0 Å². The van der Waals surface area contributed by atoms with E-state index in [2.05, 4.69) is 58.6 Å². The van der Waals surface area contributed by atoms with Crippen LogP contribution in [-0.2, 0) is 6.42 Å². The summed E-state index contributed by atoms with van der Waals surface area (Å²) < 4.78 is 6.01. The van der Waals surface area contributed by atoms with E-state index < -0.39 is 0 Å². The topological polar surface area (TPSA) is 82.2 Å². The van der Waals surface area contributed by atoms with Gasteiger partial charge < -0.3 is 19.9 Å². The lowest BCUT2D eigenvalue weighted by Gasteiger charge is -2.23. The van der Waals surface area contributed by atoms with Crippen molar-refractivity contribution < 1.29 is 4.74 Å². The van der Waals surface area contributed by atoms with E-state index >= 15 is 0 Å². The zero-order chi connectivity index (χ0) is 21.1. The maximum atomic E-state index is 6.01.